The molecule has 0 amide bonds. The molecule has 9 heteroatoms. The zero-order valence-electron chi connectivity index (χ0n) is 9.98. The number of nitrogens with zero attached hydrogens (tertiary/aromatic N) is 5. The van der Waals surface area contributed by atoms with Crippen molar-refractivity contribution in [3.8, 4) is 17.2 Å². The van der Waals surface area contributed by atoms with Gasteiger partial charge in [0.25, 0.3) is 5.78 Å². The van der Waals surface area contributed by atoms with E-state index < -0.39 is 17.2 Å². The van der Waals surface area contributed by atoms with Crippen molar-refractivity contribution in [1.29, 1.82) is 5.26 Å². The van der Waals surface area contributed by atoms with Gasteiger partial charge in [0.2, 0.25) is 0 Å². The Kier molecular flexibility index (Phi) is 3.20. The topological polar surface area (TPSA) is 66.9 Å². The third-order valence-electron chi connectivity index (χ3n) is 2.75. The van der Waals surface area contributed by atoms with Crippen LogP contribution in [-0.2, 0) is 0 Å². The maximum atomic E-state index is 14.1. The Hall–Kier alpha value is -2.30. The molecule has 2 heterocycles. The Morgan fingerprint density at radius 3 is 2.43 bits per heavy atom. The Balaban J connectivity index is 2.38. The molecule has 0 unspecified atom stereocenters. The summed E-state index contributed by atoms with van der Waals surface area (Å²) in [7, 11) is 0. The fraction of sp³-hybridized carbons (Fsp3) is 0. The summed E-state index contributed by atoms with van der Waals surface area (Å²) in [6.45, 7) is 0. The molecule has 0 fully saturated rings. The molecule has 5 nitrogen and oxygen atoms in total. The van der Waals surface area contributed by atoms with Crippen molar-refractivity contribution in [2.75, 3.05) is 0 Å². The van der Waals surface area contributed by atoms with Crippen LogP contribution < -0.4 is 0 Å². The summed E-state index contributed by atoms with van der Waals surface area (Å²) in [6.07, 6.45) is 1.18. The monoisotopic (exact) mass is 325 g/mol. The van der Waals surface area contributed by atoms with Gasteiger partial charge in [0.1, 0.15) is 28.3 Å². The standard InChI is InChI=1S/C12H3Cl2F2N5/c13-10-9(11(14)21-12(20-10)18-4-19-21)8-6(15)1-5(3-17)2-7(8)16/h1-2,4H. The fourth-order valence-electron chi connectivity index (χ4n) is 1.87. The fourth-order valence-corrected chi connectivity index (χ4v) is 2.48. The van der Waals surface area contributed by atoms with Gasteiger partial charge in [-0.3, -0.25) is 0 Å². The van der Waals surface area contributed by atoms with Crippen LogP contribution in [-0.4, -0.2) is 19.6 Å². The van der Waals surface area contributed by atoms with Gasteiger partial charge < -0.3 is 0 Å². The highest BCUT2D eigenvalue weighted by Crippen LogP contribution is 2.37. The summed E-state index contributed by atoms with van der Waals surface area (Å²) in [5, 5.41) is 12.1. The summed E-state index contributed by atoms with van der Waals surface area (Å²) in [6, 6.07) is 3.42. The molecule has 21 heavy (non-hydrogen) atoms. The predicted octanol–water partition coefficient (Wildman–Crippen LogP) is 3.25. The second kappa shape index (κ2) is 4.91. The second-order valence-electron chi connectivity index (χ2n) is 3.97. The van der Waals surface area contributed by atoms with Gasteiger partial charge in [0, 0.05) is 0 Å². The van der Waals surface area contributed by atoms with Crippen LogP contribution in [0, 0.1) is 23.0 Å². The molecule has 104 valence electrons. The lowest BCUT2D eigenvalue weighted by Gasteiger charge is -2.10. The number of benzene rings is 1. The lowest BCUT2D eigenvalue weighted by Crippen LogP contribution is -2.01. The molecule has 0 radical (unpaired) electrons. The molecule has 2 aromatic heterocycles. The van der Waals surface area contributed by atoms with Crippen LogP contribution in [0.25, 0.3) is 16.9 Å². The Morgan fingerprint density at radius 1 is 1.14 bits per heavy atom. The Labute approximate surface area is 126 Å². The van der Waals surface area contributed by atoms with E-state index in [1.54, 1.807) is 6.07 Å². The molecule has 0 bridgehead atoms. The molecule has 3 rings (SSSR count). The molecule has 0 N–H and O–H groups in total. The summed E-state index contributed by atoms with van der Waals surface area (Å²) in [4.78, 5) is 7.66. The van der Waals surface area contributed by atoms with E-state index in [1.807, 2.05) is 0 Å². The van der Waals surface area contributed by atoms with Gasteiger partial charge in [0.15, 0.2) is 0 Å². The number of hydrogen-bond donors (Lipinski definition) is 0. The lowest BCUT2D eigenvalue weighted by atomic mass is 10.1. The zero-order valence-corrected chi connectivity index (χ0v) is 11.5. The van der Waals surface area contributed by atoms with Crippen LogP contribution in [0.1, 0.15) is 5.56 Å². The van der Waals surface area contributed by atoms with E-state index in [0.29, 0.717) is 0 Å². The van der Waals surface area contributed by atoms with E-state index in [0.717, 1.165) is 16.6 Å². The molecule has 0 saturated heterocycles. The molecule has 3 aromatic rings. The van der Waals surface area contributed by atoms with Gasteiger partial charge in [-0.25, -0.2) is 8.78 Å². The summed E-state index contributed by atoms with van der Waals surface area (Å²) in [5.74, 6) is -1.85. The van der Waals surface area contributed by atoms with Crippen molar-refractivity contribution in [1.82, 2.24) is 19.6 Å². The van der Waals surface area contributed by atoms with E-state index in [4.69, 9.17) is 28.5 Å². The van der Waals surface area contributed by atoms with E-state index in [9.17, 15) is 8.78 Å². The first-order valence-electron chi connectivity index (χ1n) is 5.47. The molecule has 1 aromatic carbocycles. The van der Waals surface area contributed by atoms with Gasteiger partial charge in [-0.1, -0.05) is 23.2 Å². The minimum absolute atomic E-state index is 0.100. The lowest BCUT2D eigenvalue weighted by molar-refractivity contribution is 0.588. The molecular formula is C12H3Cl2F2N5. The number of nitriles is 1. The smallest absolute Gasteiger partial charge is 0.206 e. The van der Waals surface area contributed by atoms with Crippen molar-refractivity contribution in [3.63, 3.8) is 0 Å². The molecule has 0 aliphatic rings. The average Bonchev–Trinajstić information content (AvgIpc) is 2.89. The third kappa shape index (κ3) is 2.09. The predicted molar refractivity (Wildman–Crippen MR) is 70.9 cm³/mol. The van der Waals surface area contributed by atoms with E-state index in [2.05, 4.69) is 15.1 Å². The third-order valence-corrected chi connectivity index (χ3v) is 3.37. The highest BCUT2D eigenvalue weighted by molar-refractivity contribution is 6.38. The van der Waals surface area contributed by atoms with Crippen molar-refractivity contribution in [3.05, 3.63) is 46.0 Å². The maximum absolute atomic E-state index is 14.1. The van der Waals surface area contributed by atoms with Crippen LogP contribution in [0.3, 0.4) is 0 Å². The van der Waals surface area contributed by atoms with Crippen molar-refractivity contribution < 1.29 is 8.78 Å². The van der Waals surface area contributed by atoms with Crippen LogP contribution in [0.5, 0.6) is 0 Å². The normalized spacial score (nSPS) is 10.8. The quantitative estimate of drug-likeness (QED) is 0.644. The molecule has 0 atom stereocenters. The van der Waals surface area contributed by atoms with E-state index >= 15 is 0 Å². The molecular weight excluding hydrogens is 323 g/mol. The zero-order chi connectivity index (χ0) is 15.1. The Morgan fingerprint density at radius 2 is 1.81 bits per heavy atom. The molecule has 0 aliphatic carbocycles. The van der Waals surface area contributed by atoms with Gasteiger partial charge in [-0.2, -0.15) is 24.8 Å². The largest absolute Gasteiger partial charge is 0.255 e. The van der Waals surface area contributed by atoms with Gasteiger partial charge in [0.05, 0.1) is 22.8 Å². The highest BCUT2D eigenvalue weighted by Gasteiger charge is 2.22. The van der Waals surface area contributed by atoms with Crippen LogP contribution in [0.2, 0.25) is 10.3 Å². The SMILES string of the molecule is N#Cc1cc(F)c(-c2c(Cl)nc3ncnn3c2Cl)c(F)c1. The first kappa shape index (κ1) is 13.7. The number of rotatable bonds is 1. The minimum Gasteiger partial charge on any atom is -0.206 e. The number of fused-ring (bicyclic) bond motifs is 1. The average molecular weight is 326 g/mol. The van der Waals surface area contributed by atoms with Gasteiger partial charge in [-0.05, 0) is 12.1 Å². The van der Waals surface area contributed by atoms with Gasteiger partial charge in [-0.15, -0.1) is 0 Å². The summed E-state index contributed by atoms with van der Waals surface area (Å²) in [5.41, 5.74) is -0.791. The maximum Gasteiger partial charge on any atom is 0.255 e. The van der Waals surface area contributed by atoms with E-state index in [1.165, 1.54) is 6.33 Å². The minimum atomic E-state index is -0.975. The molecule has 0 spiro atoms. The van der Waals surface area contributed by atoms with Crippen molar-refractivity contribution in [2.45, 2.75) is 0 Å². The number of aromatic nitrogens is 4. The molecule has 0 aliphatic heterocycles. The highest BCUT2D eigenvalue weighted by atomic mass is 35.5. The van der Waals surface area contributed by atoms with Gasteiger partial charge >= 0.3 is 0 Å². The molecule has 0 saturated carbocycles. The van der Waals surface area contributed by atoms with Crippen LogP contribution in [0.15, 0.2) is 18.5 Å². The number of halogens is 4. The van der Waals surface area contributed by atoms with Crippen molar-refractivity contribution >= 4 is 29.0 Å². The summed E-state index contributed by atoms with van der Waals surface area (Å²) < 4.78 is 29.3. The van der Waals surface area contributed by atoms with Crippen molar-refractivity contribution in [2.24, 2.45) is 0 Å². The Bertz CT molecular complexity index is 893. The second-order valence-corrected chi connectivity index (χ2v) is 4.68. The van der Waals surface area contributed by atoms with Crippen LogP contribution >= 0.6 is 23.2 Å². The summed E-state index contributed by atoms with van der Waals surface area (Å²) >= 11 is 12.0. The first-order valence-corrected chi connectivity index (χ1v) is 6.22. The number of hydrogen-bond acceptors (Lipinski definition) is 4. The van der Waals surface area contributed by atoms with E-state index in [-0.39, 0.29) is 27.2 Å². The van der Waals surface area contributed by atoms with Crippen LogP contribution in [0.4, 0.5) is 8.78 Å². The first-order chi connectivity index (χ1) is 10.0.